The van der Waals surface area contributed by atoms with Crippen molar-refractivity contribution < 1.29 is 14.3 Å². The molecular formula is C12H12N2O3S. The number of carbonyl (C=O) groups excluding carboxylic acids is 2. The molecule has 1 aromatic carbocycles. The maximum Gasteiger partial charge on any atom is 0.259 e. The van der Waals surface area contributed by atoms with E-state index >= 15 is 0 Å². The number of rotatable bonds is 3. The van der Waals surface area contributed by atoms with Gasteiger partial charge in [0.2, 0.25) is 0 Å². The average Bonchev–Trinajstić information content (AvgIpc) is 2.30. The second-order valence-corrected chi connectivity index (χ2v) is 4.45. The standard InChI is InChI=1S/C12H12N2O3S/c13-10(18)5-8-1-3-9(4-2-8)14-11(15)6-17-7-12(14)16/h1-4H,5-7H2,(H2,13,18). The Balaban J connectivity index is 2.20. The SMILES string of the molecule is NC(=S)Cc1ccc(N2C(=O)COCC2=O)cc1. The maximum absolute atomic E-state index is 11.6. The Morgan fingerprint density at radius 3 is 2.28 bits per heavy atom. The first-order valence-electron chi connectivity index (χ1n) is 5.38. The van der Waals surface area contributed by atoms with Crippen LogP contribution in [0.25, 0.3) is 0 Å². The molecule has 0 aliphatic carbocycles. The molecule has 1 aliphatic rings. The number of carbonyl (C=O) groups is 2. The van der Waals surface area contributed by atoms with Crippen molar-refractivity contribution in [3.05, 3.63) is 29.8 Å². The van der Waals surface area contributed by atoms with Gasteiger partial charge in [-0.1, -0.05) is 24.4 Å². The fourth-order valence-electron chi connectivity index (χ4n) is 1.75. The number of nitrogens with zero attached hydrogens (tertiary/aromatic N) is 1. The summed E-state index contributed by atoms with van der Waals surface area (Å²) < 4.78 is 4.85. The van der Waals surface area contributed by atoms with Gasteiger partial charge in [-0.3, -0.25) is 9.59 Å². The van der Waals surface area contributed by atoms with Gasteiger partial charge < -0.3 is 10.5 Å². The van der Waals surface area contributed by atoms with Crippen LogP contribution < -0.4 is 10.6 Å². The van der Waals surface area contributed by atoms with Crippen molar-refractivity contribution >= 4 is 34.7 Å². The van der Waals surface area contributed by atoms with E-state index in [1.165, 1.54) is 0 Å². The summed E-state index contributed by atoms with van der Waals surface area (Å²) in [6, 6.07) is 7.00. The van der Waals surface area contributed by atoms with Crippen molar-refractivity contribution in [3.63, 3.8) is 0 Å². The van der Waals surface area contributed by atoms with Gasteiger partial charge in [0.25, 0.3) is 11.8 Å². The Morgan fingerprint density at radius 1 is 1.22 bits per heavy atom. The molecule has 18 heavy (non-hydrogen) atoms. The Kier molecular flexibility index (Phi) is 3.69. The van der Waals surface area contributed by atoms with Gasteiger partial charge in [0.15, 0.2) is 0 Å². The molecule has 0 unspecified atom stereocenters. The molecule has 5 nitrogen and oxygen atoms in total. The van der Waals surface area contributed by atoms with Gasteiger partial charge in [-0.15, -0.1) is 0 Å². The Hall–Kier alpha value is -1.79. The van der Waals surface area contributed by atoms with Crippen LogP contribution in [0.4, 0.5) is 5.69 Å². The summed E-state index contributed by atoms with van der Waals surface area (Å²) in [6.45, 7) is -0.138. The molecule has 1 fully saturated rings. The molecule has 0 aromatic heterocycles. The number of morpholine rings is 1. The van der Waals surface area contributed by atoms with Crippen LogP contribution in [0.5, 0.6) is 0 Å². The number of nitrogens with two attached hydrogens (primary N) is 1. The van der Waals surface area contributed by atoms with Crippen LogP contribution in [0, 0.1) is 0 Å². The van der Waals surface area contributed by atoms with Gasteiger partial charge in [-0.25, -0.2) is 4.90 Å². The zero-order valence-corrected chi connectivity index (χ0v) is 10.4. The lowest BCUT2D eigenvalue weighted by Crippen LogP contribution is -2.46. The van der Waals surface area contributed by atoms with Gasteiger partial charge in [-0.2, -0.15) is 0 Å². The highest BCUT2D eigenvalue weighted by atomic mass is 32.1. The summed E-state index contributed by atoms with van der Waals surface area (Å²) >= 11 is 4.82. The smallest absolute Gasteiger partial charge is 0.259 e. The second kappa shape index (κ2) is 5.24. The van der Waals surface area contributed by atoms with E-state index in [-0.39, 0.29) is 25.0 Å². The van der Waals surface area contributed by atoms with Crippen LogP contribution in [-0.4, -0.2) is 30.0 Å². The quantitative estimate of drug-likeness (QED) is 0.632. The van der Waals surface area contributed by atoms with Crippen LogP contribution in [0.3, 0.4) is 0 Å². The molecule has 1 saturated heterocycles. The van der Waals surface area contributed by atoms with Gasteiger partial charge in [-0.05, 0) is 17.7 Å². The van der Waals surface area contributed by atoms with E-state index < -0.39 is 0 Å². The minimum Gasteiger partial charge on any atom is -0.393 e. The zero-order valence-electron chi connectivity index (χ0n) is 9.59. The number of thiocarbonyl (C=S) groups is 1. The molecule has 0 saturated carbocycles. The first kappa shape index (κ1) is 12.7. The number of hydrogen-bond donors (Lipinski definition) is 1. The molecule has 0 bridgehead atoms. The van der Waals surface area contributed by atoms with Crippen LogP contribution in [0.15, 0.2) is 24.3 Å². The molecule has 1 heterocycles. The highest BCUT2D eigenvalue weighted by Crippen LogP contribution is 2.18. The molecule has 1 aromatic rings. The maximum atomic E-state index is 11.6. The third kappa shape index (κ3) is 2.72. The van der Waals surface area contributed by atoms with Crippen molar-refractivity contribution in [3.8, 4) is 0 Å². The highest BCUT2D eigenvalue weighted by molar-refractivity contribution is 7.80. The molecule has 6 heteroatoms. The number of benzene rings is 1. The van der Waals surface area contributed by atoms with E-state index in [0.717, 1.165) is 10.5 Å². The molecule has 0 atom stereocenters. The molecule has 0 spiro atoms. The number of imide groups is 1. The van der Waals surface area contributed by atoms with Crippen molar-refractivity contribution in [2.75, 3.05) is 18.1 Å². The summed E-state index contributed by atoms with van der Waals surface area (Å²) in [5.41, 5.74) is 6.93. The number of anilines is 1. The van der Waals surface area contributed by atoms with E-state index in [1.807, 2.05) is 0 Å². The van der Waals surface area contributed by atoms with E-state index in [1.54, 1.807) is 24.3 Å². The van der Waals surface area contributed by atoms with E-state index in [0.29, 0.717) is 17.1 Å². The minimum atomic E-state index is -0.353. The number of hydrogen-bond acceptors (Lipinski definition) is 4. The predicted molar refractivity (Wildman–Crippen MR) is 70.2 cm³/mol. The van der Waals surface area contributed by atoms with Gasteiger partial charge >= 0.3 is 0 Å². The fraction of sp³-hybridized carbons (Fsp3) is 0.250. The normalized spacial score (nSPS) is 15.9. The third-order valence-corrected chi connectivity index (χ3v) is 2.67. The second-order valence-electron chi connectivity index (χ2n) is 3.93. The molecule has 2 rings (SSSR count). The van der Waals surface area contributed by atoms with E-state index in [2.05, 4.69) is 0 Å². The van der Waals surface area contributed by atoms with Gasteiger partial charge in [0, 0.05) is 6.42 Å². The molecule has 1 aliphatic heterocycles. The number of ether oxygens (including phenoxy) is 1. The molecule has 0 radical (unpaired) electrons. The Morgan fingerprint density at radius 2 is 1.78 bits per heavy atom. The summed E-state index contributed by atoms with van der Waals surface area (Å²) in [7, 11) is 0. The summed E-state index contributed by atoms with van der Waals surface area (Å²) in [5.74, 6) is -0.707. The first-order valence-corrected chi connectivity index (χ1v) is 5.79. The lowest BCUT2D eigenvalue weighted by atomic mass is 10.1. The monoisotopic (exact) mass is 264 g/mol. The van der Waals surface area contributed by atoms with Crippen LogP contribution in [0.1, 0.15) is 5.56 Å². The minimum absolute atomic E-state index is 0.0691. The molecule has 94 valence electrons. The highest BCUT2D eigenvalue weighted by Gasteiger charge is 2.27. The van der Waals surface area contributed by atoms with Crippen molar-refractivity contribution in [2.24, 2.45) is 5.73 Å². The summed E-state index contributed by atoms with van der Waals surface area (Å²) in [4.78, 5) is 24.8. The van der Waals surface area contributed by atoms with E-state index in [4.69, 9.17) is 22.7 Å². The van der Waals surface area contributed by atoms with Crippen LogP contribution in [0.2, 0.25) is 0 Å². The lowest BCUT2D eigenvalue weighted by molar-refractivity contribution is -0.138. The third-order valence-electron chi connectivity index (χ3n) is 2.52. The van der Waals surface area contributed by atoms with E-state index in [9.17, 15) is 9.59 Å². The predicted octanol–water partition coefficient (Wildman–Crippen LogP) is 0.405. The van der Waals surface area contributed by atoms with Crippen LogP contribution in [-0.2, 0) is 20.7 Å². The van der Waals surface area contributed by atoms with Gasteiger partial charge in [0.1, 0.15) is 13.2 Å². The summed E-state index contributed by atoms with van der Waals surface area (Å²) in [6.07, 6.45) is 0.501. The Labute approximate surface area is 110 Å². The summed E-state index contributed by atoms with van der Waals surface area (Å²) in [5, 5.41) is 0. The average molecular weight is 264 g/mol. The largest absolute Gasteiger partial charge is 0.393 e. The van der Waals surface area contributed by atoms with Crippen LogP contribution >= 0.6 is 12.2 Å². The number of amides is 2. The first-order chi connectivity index (χ1) is 8.58. The van der Waals surface area contributed by atoms with Crippen molar-refractivity contribution in [1.82, 2.24) is 0 Å². The van der Waals surface area contributed by atoms with Crippen molar-refractivity contribution in [1.29, 1.82) is 0 Å². The lowest BCUT2D eigenvalue weighted by Gasteiger charge is -2.24. The Bertz CT molecular complexity index is 483. The fourth-order valence-corrected chi connectivity index (χ4v) is 1.91. The van der Waals surface area contributed by atoms with Crippen molar-refractivity contribution in [2.45, 2.75) is 6.42 Å². The molecular weight excluding hydrogens is 252 g/mol. The zero-order chi connectivity index (χ0) is 13.1. The molecule has 2 amide bonds. The van der Waals surface area contributed by atoms with Gasteiger partial charge in [0.05, 0.1) is 10.7 Å². The molecule has 2 N–H and O–H groups in total. The topological polar surface area (TPSA) is 72.6 Å².